The van der Waals surface area contributed by atoms with Gasteiger partial charge in [-0.2, -0.15) is 0 Å². The highest BCUT2D eigenvalue weighted by Gasteiger charge is 2.34. The van der Waals surface area contributed by atoms with Crippen molar-refractivity contribution >= 4 is 5.91 Å². The van der Waals surface area contributed by atoms with E-state index < -0.39 is 34.3 Å². The summed E-state index contributed by atoms with van der Waals surface area (Å²) in [5, 5.41) is 22.2. The van der Waals surface area contributed by atoms with Crippen LogP contribution in [0, 0.1) is 5.82 Å². The number of phenols is 1. The van der Waals surface area contributed by atoms with E-state index in [1.807, 2.05) is 0 Å². The Morgan fingerprint density at radius 3 is 2.85 bits per heavy atom. The number of halogens is 1. The van der Waals surface area contributed by atoms with E-state index in [2.05, 4.69) is 10.3 Å². The molecule has 0 spiro atoms. The number of aromatic hydroxyl groups is 2. The standard InChI is InChI=1S/C17H18FN3O5/c1-17(2)16-20-12(13(23)15(25)21(16)5-6-26-17)14(24)19-8-9-3-4-10(18)7-11(9)22/h3-4,7,22-23H,5-6,8H2,1-2H3,(H,19,24). The largest absolute Gasteiger partial charge is 0.507 e. The molecular formula is C17H18FN3O5. The molecule has 0 saturated carbocycles. The van der Waals surface area contributed by atoms with Crippen LogP contribution in [0.15, 0.2) is 23.0 Å². The van der Waals surface area contributed by atoms with Gasteiger partial charge in [-0.05, 0) is 19.9 Å². The Balaban J connectivity index is 1.90. The number of hydrogen-bond donors (Lipinski definition) is 3. The average molecular weight is 363 g/mol. The predicted octanol–water partition coefficient (Wildman–Crippen LogP) is 0.989. The lowest BCUT2D eigenvalue weighted by atomic mass is 10.1. The van der Waals surface area contributed by atoms with E-state index in [9.17, 15) is 24.2 Å². The van der Waals surface area contributed by atoms with Crippen LogP contribution in [0.25, 0.3) is 0 Å². The fourth-order valence-corrected chi connectivity index (χ4v) is 2.77. The summed E-state index contributed by atoms with van der Waals surface area (Å²) in [7, 11) is 0. The van der Waals surface area contributed by atoms with Crippen LogP contribution in [-0.2, 0) is 23.4 Å². The molecule has 138 valence electrons. The lowest BCUT2D eigenvalue weighted by Gasteiger charge is -2.32. The number of phenolic OH excluding ortho intramolecular Hbond substituents is 1. The lowest BCUT2D eigenvalue weighted by molar-refractivity contribution is -0.0566. The van der Waals surface area contributed by atoms with Gasteiger partial charge in [0, 0.05) is 18.2 Å². The third kappa shape index (κ3) is 3.13. The zero-order chi connectivity index (χ0) is 19.1. The molecule has 1 aromatic heterocycles. The van der Waals surface area contributed by atoms with Crippen molar-refractivity contribution in [3.63, 3.8) is 0 Å². The smallest absolute Gasteiger partial charge is 0.296 e. The fourth-order valence-electron chi connectivity index (χ4n) is 2.77. The Morgan fingerprint density at radius 1 is 1.42 bits per heavy atom. The molecule has 8 nitrogen and oxygen atoms in total. The summed E-state index contributed by atoms with van der Waals surface area (Å²) in [5.41, 5.74) is -1.77. The lowest BCUT2D eigenvalue weighted by Crippen LogP contribution is -2.42. The fraction of sp³-hybridized carbons (Fsp3) is 0.353. The highest BCUT2D eigenvalue weighted by atomic mass is 19.1. The maximum atomic E-state index is 13.0. The third-order valence-corrected chi connectivity index (χ3v) is 4.16. The number of nitrogens with one attached hydrogen (secondary N) is 1. The first kappa shape index (κ1) is 17.9. The van der Waals surface area contributed by atoms with Gasteiger partial charge >= 0.3 is 0 Å². The van der Waals surface area contributed by atoms with Crippen LogP contribution in [0.4, 0.5) is 4.39 Å². The van der Waals surface area contributed by atoms with Crippen LogP contribution < -0.4 is 10.9 Å². The van der Waals surface area contributed by atoms with E-state index in [1.54, 1.807) is 13.8 Å². The Labute approximate surface area is 147 Å². The summed E-state index contributed by atoms with van der Waals surface area (Å²) in [5.74, 6) is -2.24. The molecule has 1 aromatic carbocycles. The summed E-state index contributed by atoms with van der Waals surface area (Å²) < 4.78 is 19.9. The predicted molar refractivity (Wildman–Crippen MR) is 88.4 cm³/mol. The van der Waals surface area contributed by atoms with Gasteiger partial charge in [-0.3, -0.25) is 14.2 Å². The number of fused-ring (bicyclic) bond motifs is 1. The molecule has 0 fully saturated rings. The molecule has 9 heteroatoms. The van der Waals surface area contributed by atoms with E-state index >= 15 is 0 Å². The molecule has 26 heavy (non-hydrogen) atoms. The van der Waals surface area contributed by atoms with Crippen molar-refractivity contribution < 1.29 is 24.1 Å². The van der Waals surface area contributed by atoms with Crippen molar-refractivity contribution in [2.45, 2.75) is 32.5 Å². The molecule has 1 amide bonds. The van der Waals surface area contributed by atoms with E-state index in [1.165, 1.54) is 10.6 Å². The monoisotopic (exact) mass is 363 g/mol. The van der Waals surface area contributed by atoms with Gasteiger partial charge in [0.15, 0.2) is 5.69 Å². The second-order valence-corrected chi connectivity index (χ2v) is 6.40. The minimum atomic E-state index is -0.893. The van der Waals surface area contributed by atoms with Crippen molar-refractivity contribution in [1.82, 2.24) is 14.9 Å². The molecule has 0 unspecified atom stereocenters. The Bertz CT molecular complexity index is 939. The van der Waals surface area contributed by atoms with Gasteiger partial charge in [-0.1, -0.05) is 6.07 Å². The maximum Gasteiger partial charge on any atom is 0.296 e. The number of nitrogens with zero attached hydrogens (tertiary/aromatic N) is 2. The van der Waals surface area contributed by atoms with Crippen molar-refractivity contribution in [3.8, 4) is 11.5 Å². The molecule has 2 aromatic rings. The molecule has 3 N–H and O–H groups in total. The number of hydrogen-bond acceptors (Lipinski definition) is 6. The van der Waals surface area contributed by atoms with Crippen LogP contribution >= 0.6 is 0 Å². The van der Waals surface area contributed by atoms with E-state index in [0.29, 0.717) is 0 Å². The van der Waals surface area contributed by atoms with Crippen LogP contribution in [0.5, 0.6) is 11.5 Å². The van der Waals surface area contributed by atoms with E-state index in [4.69, 9.17) is 4.74 Å². The Morgan fingerprint density at radius 2 is 2.15 bits per heavy atom. The van der Waals surface area contributed by atoms with Crippen LogP contribution in [0.3, 0.4) is 0 Å². The van der Waals surface area contributed by atoms with Crippen LogP contribution in [-0.4, -0.2) is 32.3 Å². The van der Waals surface area contributed by atoms with Crippen molar-refractivity contribution in [2.24, 2.45) is 0 Å². The second kappa shape index (κ2) is 6.41. The molecule has 0 radical (unpaired) electrons. The van der Waals surface area contributed by atoms with Gasteiger partial charge < -0.3 is 20.3 Å². The van der Waals surface area contributed by atoms with Crippen LogP contribution in [0.2, 0.25) is 0 Å². The highest BCUT2D eigenvalue weighted by molar-refractivity contribution is 5.94. The number of ether oxygens (including phenoxy) is 1. The Kier molecular flexibility index (Phi) is 4.41. The zero-order valence-electron chi connectivity index (χ0n) is 14.2. The minimum Gasteiger partial charge on any atom is -0.507 e. The summed E-state index contributed by atoms with van der Waals surface area (Å²) in [6.07, 6.45) is 0. The summed E-state index contributed by atoms with van der Waals surface area (Å²) in [4.78, 5) is 28.9. The molecule has 2 heterocycles. The Hall–Kier alpha value is -2.94. The van der Waals surface area contributed by atoms with Crippen molar-refractivity contribution in [1.29, 1.82) is 0 Å². The minimum absolute atomic E-state index is 0.135. The molecule has 3 rings (SSSR count). The first-order chi connectivity index (χ1) is 12.2. The molecule has 1 aliphatic rings. The van der Waals surface area contributed by atoms with Gasteiger partial charge in [0.2, 0.25) is 5.75 Å². The molecule has 0 bridgehead atoms. The van der Waals surface area contributed by atoms with E-state index in [-0.39, 0.29) is 36.8 Å². The number of rotatable bonds is 3. The quantitative estimate of drug-likeness (QED) is 0.749. The van der Waals surface area contributed by atoms with Gasteiger partial charge in [0.25, 0.3) is 11.5 Å². The van der Waals surface area contributed by atoms with Gasteiger partial charge in [0.05, 0.1) is 13.2 Å². The number of benzene rings is 1. The first-order valence-electron chi connectivity index (χ1n) is 7.94. The maximum absolute atomic E-state index is 13.0. The molecular weight excluding hydrogens is 345 g/mol. The normalized spacial score (nSPS) is 15.3. The summed E-state index contributed by atoms with van der Waals surface area (Å²) in [6.45, 7) is 3.80. The highest BCUT2D eigenvalue weighted by Crippen LogP contribution is 2.27. The molecule has 0 aliphatic carbocycles. The SMILES string of the molecule is CC1(C)OCCn2c1nc(C(=O)NCc1ccc(F)cc1O)c(O)c2=O. The van der Waals surface area contributed by atoms with Gasteiger partial charge in [-0.15, -0.1) is 0 Å². The second-order valence-electron chi connectivity index (χ2n) is 6.40. The number of carbonyl (C=O) groups is 1. The average Bonchev–Trinajstić information content (AvgIpc) is 2.57. The van der Waals surface area contributed by atoms with E-state index in [0.717, 1.165) is 12.1 Å². The van der Waals surface area contributed by atoms with Crippen molar-refractivity contribution in [3.05, 3.63) is 51.5 Å². The number of aromatic nitrogens is 2. The zero-order valence-corrected chi connectivity index (χ0v) is 14.2. The molecule has 0 atom stereocenters. The molecule has 0 saturated heterocycles. The topological polar surface area (TPSA) is 114 Å². The first-order valence-corrected chi connectivity index (χ1v) is 7.94. The third-order valence-electron chi connectivity index (χ3n) is 4.16. The number of amides is 1. The summed E-state index contributed by atoms with van der Waals surface area (Å²) in [6, 6.07) is 3.38. The van der Waals surface area contributed by atoms with Crippen molar-refractivity contribution in [2.75, 3.05) is 6.61 Å². The summed E-state index contributed by atoms with van der Waals surface area (Å²) >= 11 is 0. The van der Waals surface area contributed by atoms with Crippen LogP contribution in [0.1, 0.15) is 35.7 Å². The van der Waals surface area contributed by atoms with Gasteiger partial charge in [0.1, 0.15) is 23.0 Å². The molecule has 1 aliphatic heterocycles. The van der Waals surface area contributed by atoms with Gasteiger partial charge in [-0.25, -0.2) is 9.37 Å². The number of carbonyl (C=O) groups excluding carboxylic acids is 1.